The molecular weight excluding hydrogens is 388 g/mol. The van der Waals surface area contributed by atoms with Gasteiger partial charge in [0, 0.05) is 36.3 Å². The molecule has 7 heteroatoms. The van der Waals surface area contributed by atoms with E-state index in [0.717, 1.165) is 43.4 Å². The monoisotopic (exact) mass is 410 g/mol. The van der Waals surface area contributed by atoms with Gasteiger partial charge in [-0.2, -0.15) is 5.10 Å². The zero-order valence-corrected chi connectivity index (χ0v) is 16.8. The fraction of sp³-hybridized carbons (Fsp3) is 0.364. The molecule has 1 saturated carbocycles. The molecule has 1 aliphatic heterocycles. The normalized spacial score (nSPS) is 18.1. The Labute approximate surface area is 174 Å². The second kappa shape index (κ2) is 7.69. The van der Waals surface area contributed by atoms with Crippen molar-refractivity contribution >= 4 is 17.5 Å². The minimum absolute atomic E-state index is 0.143. The van der Waals surface area contributed by atoms with E-state index in [2.05, 4.69) is 15.3 Å². The van der Waals surface area contributed by atoms with Crippen molar-refractivity contribution in [2.24, 2.45) is 0 Å². The highest BCUT2D eigenvalue weighted by Crippen LogP contribution is 2.29. The summed E-state index contributed by atoms with van der Waals surface area (Å²) in [5, 5.41) is 8.39. The van der Waals surface area contributed by atoms with Crippen LogP contribution in [0, 0.1) is 0 Å². The van der Waals surface area contributed by atoms with E-state index in [0.29, 0.717) is 16.5 Å². The average Bonchev–Trinajstić information content (AvgIpc) is 3.25. The SMILES string of the molecule is O=C(NC1CCN(C2CC2)CC1)c1cc(-c2ccco2)n(-c2ccc(Cl)cc2)n1. The van der Waals surface area contributed by atoms with Crippen molar-refractivity contribution in [1.82, 2.24) is 20.0 Å². The molecule has 5 rings (SSSR count). The zero-order chi connectivity index (χ0) is 19.8. The van der Waals surface area contributed by atoms with Crippen LogP contribution < -0.4 is 5.32 Å². The second-order valence-corrected chi connectivity index (χ2v) is 8.23. The van der Waals surface area contributed by atoms with E-state index in [1.165, 1.54) is 12.8 Å². The van der Waals surface area contributed by atoms with E-state index in [1.54, 1.807) is 29.1 Å². The number of carbonyl (C=O) groups is 1. The van der Waals surface area contributed by atoms with Crippen LogP contribution in [-0.2, 0) is 0 Å². The van der Waals surface area contributed by atoms with Gasteiger partial charge in [0.05, 0.1) is 12.0 Å². The standard InChI is InChI=1S/C22H23ClN4O2/c23-15-3-5-18(6-4-15)27-20(21-2-1-13-29-21)14-19(25-27)22(28)24-16-9-11-26(12-10-16)17-7-8-17/h1-6,13-14,16-17H,7-12H2,(H,24,28). The summed E-state index contributed by atoms with van der Waals surface area (Å²) in [6.45, 7) is 2.12. The van der Waals surface area contributed by atoms with Gasteiger partial charge in [0.1, 0.15) is 5.69 Å². The van der Waals surface area contributed by atoms with Crippen LogP contribution in [0.2, 0.25) is 5.02 Å². The van der Waals surface area contributed by atoms with Crippen molar-refractivity contribution in [3.05, 3.63) is 59.4 Å². The lowest BCUT2D eigenvalue weighted by atomic mass is 10.0. The van der Waals surface area contributed by atoms with Crippen molar-refractivity contribution in [2.45, 2.75) is 37.8 Å². The molecule has 2 fully saturated rings. The van der Waals surface area contributed by atoms with Crippen LogP contribution in [0.3, 0.4) is 0 Å². The number of piperidine rings is 1. The Morgan fingerprint density at radius 2 is 1.86 bits per heavy atom. The predicted octanol–water partition coefficient (Wildman–Crippen LogP) is 4.14. The number of amides is 1. The van der Waals surface area contributed by atoms with Crippen LogP contribution >= 0.6 is 11.6 Å². The number of carbonyl (C=O) groups excluding carboxylic acids is 1. The van der Waals surface area contributed by atoms with Gasteiger partial charge in [-0.15, -0.1) is 0 Å². The number of aromatic nitrogens is 2. The predicted molar refractivity (Wildman–Crippen MR) is 111 cm³/mol. The van der Waals surface area contributed by atoms with Gasteiger partial charge in [-0.25, -0.2) is 4.68 Å². The number of likely N-dealkylation sites (tertiary alicyclic amines) is 1. The van der Waals surface area contributed by atoms with Crippen LogP contribution in [0.5, 0.6) is 0 Å². The molecule has 0 unspecified atom stereocenters. The molecule has 0 atom stereocenters. The Morgan fingerprint density at radius 1 is 1.10 bits per heavy atom. The quantitative estimate of drug-likeness (QED) is 0.686. The molecular formula is C22H23ClN4O2. The van der Waals surface area contributed by atoms with Crippen molar-refractivity contribution in [2.75, 3.05) is 13.1 Å². The van der Waals surface area contributed by atoms with Gasteiger partial charge in [-0.3, -0.25) is 4.79 Å². The summed E-state index contributed by atoms with van der Waals surface area (Å²) < 4.78 is 7.29. The Morgan fingerprint density at radius 3 is 2.52 bits per heavy atom. The summed E-state index contributed by atoms with van der Waals surface area (Å²) >= 11 is 6.02. The van der Waals surface area contributed by atoms with Crippen molar-refractivity contribution < 1.29 is 9.21 Å². The molecule has 1 saturated heterocycles. The van der Waals surface area contributed by atoms with E-state index < -0.39 is 0 Å². The maximum atomic E-state index is 12.9. The topological polar surface area (TPSA) is 63.3 Å². The third-order valence-electron chi connectivity index (χ3n) is 5.71. The molecule has 2 aromatic heterocycles. The van der Waals surface area contributed by atoms with Crippen molar-refractivity contribution in [1.29, 1.82) is 0 Å². The summed E-state index contributed by atoms with van der Waals surface area (Å²) in [5.74, 6) is 0.514. The molecule has 150 valence electrons. The summed E-state index contributed by atoms with van der Waals surface area (Å²) in [6, 6.07) is 13.8. The number of nitrogens with one attached hydrogen (secondary N) is 1. The molecule has 2 aliphatic rings. The maximum absolute atomic E-state index is 12.9. The zero-order valence-electron chi connectivity index (χ0n) is 16.1. The van der Waals surface area contributed by atoms with E-state index in [4.69, 9.17) is 16.0 Å². The number of hydrogen-bond acceptors (Lipinski definition) is 4. The summed E-state index contributed by atoms with van der Waals surface area (Å²) in [4.78, 5) is 15.5. The van der Waals surface area contributed by atoms with Gasteiger partial charge in [-0.05, 0) is 62.1 Å². The second-order valence-electron chi connectivity index (χ2n) is 7.80. The molecule has 6 nitrogen and oxygen atoms in total. The molecule has 29 heavy (non-hydrogen) atoms. The van der Waals surface area contributed by atoms with Crippen LogP contribution in [0.15, 0.2) is 53.1 Å². The molecule has 1 aromatic carbocycles. The Hall–Kier alpha value is -2.57. The first-order valence-corrected chi connectivity index (χ1v) is 10.5. The third kappa shape index (κ3) is 3.95. The number of hydrogen-bond donors (Lipinski definition) is 1. The minimum Gasteiger partial charge on any atom is -0.463 e. The van der Waals surface area contributed by atoms with Gasteiger partial charge >= 0.3 is 0 Å². The lowest BCUT2D eigenvalue weighted by Crippen LogP contribution is -2.45. The molecule has 3 aromatic rings. The molecule has 1 N–H and O–H groups in total. The van der Waals surface area contributed by atoms with Crippen LogP contribution in [0.25, 0.3) is 17.1 Å². The van der Waals surface area contributed by atoms with E-state index in [9.17, 15) is 4.79 Å². The highest BCUT2D eigenvalue weighted by Gasteiger charge is 2.32. The highest BCUT2D eigenvalue weighted by molar-refractivity contribution is 6.30. The van der Waals surface area contributed by atoms with E-state index in [1.807, 2.05) is 24.3 Å². The number of rotatable bonds is 5. The molecule has 0 radical (unpaired) electrons. The van der Waals surface area contributed by atoms with E-state index in [-0.39, 0.29) is 11.9 Å². The first-order valence-electron chi connectivity index (χ1n) is 10.1. The summed E-state index contributed by atoms with van der Waals surface area (Å²) in [7, 11) is 0. The Bertz CT molecular complexity index is 985. The number of benzene rings is 1. The third-order valence-corrected chi connectivity index (χ3v) is 5.97. The largest absolute Gasteiger partial charge is 0.463 e. The number of nitrogens with zero attached hydrogens (tertiary/aromatic N) is 3. The number of halogens is 1. The van der Waals surface area contributed by atoms with Crippen LogP contribution in [0.4, 0.5) is 0 Å². The first kappa shape index (κ1) is 18.5. The summed E-state index contributed by atoms with van der Waals surface area (Å²) in [6.07, 6.45) is 6.25. The molecule has 0 spiro atoms. The highest BCUT2D eigenvalue weighted by atomic mass is 35.5. The molecule has 1 aliphatic carbocycles. The van der Waals surface area contributed by atoms with E-state index >= 15 is 0 Å². The first-order chi connectivity index (χ1) is 14.2. The van der Waals surface area contributed by atoms with Gasteiger partial charge in [0.25, 0.3) is 5.91 Å². The fourth-order valence-corrected chi connectivity index (χ4v) is 4.10. The van der Waals surface area contributed by atoms with Gasteiger partial charge in [-0.1, -0.05) is 11.6 Å². The Balaban J connectivity index is 1.36. The van der Waals surface area contributed by atoms with Gasteiger partial charge < -0.3 is 14.6 Å². The van der Waals surface area contributed by atoms with Crippen LogP contribution in [0.1, 0.15) is 36.2 Å². The smallest absolute Gasteiger partial charge is 0.272 e. The average molecular weight is 411 g/mol. The van der Waals surface area contributed by atoms with Crippen LogP contribution in [-0.4, -0.2) is 45.8 Å². The van der Waals surface area contributed by atoms with Crippen molar-refractivity contribution in [3.63, 3.8) is 0 Å². The maximum Gasteiger partial charge on any atom is 0.272 e. The van der Waals surface area contributed by atoms with Crippen molar-refractivity contribution in [3.8, 4) is 17.1 Å². The number of furan rings is 1. The lowest BCUT2D eigenvalue weighted by molar-refractivity contribution is 0.0903. The summed E-state index contributed by atoms with van der Waals surface area (Å²) in [5.41, 5.74) is 1.93. The molecule has 3 heterocycles. The molecule has 0 bridgehead atoms. The van der Waals surface area contributed by atoms with Gasteiger partial charge in [0.15, 0.2) is 11.5 Å². The lowest BCUT2D eigenvalue weighted by Gasteiger charge is -2.32. The van der Waals surface area contributed by atoms with Gasteiger partial charge in [0.2, 0.25) is 0 Å². The Kier molecular flexibility index (Phi) is 4.89. The minimum atomic E-state index is -0.143. The fourth-order valence-electron chi connectivity index (χ4n) is 3.98. The molecule has 1 amide bonds.